The highest BCUT2D eigenvalue weighted by Crippen LogP contribution is 2.39. The summed E-state index contributed by atoms with van der Waals surface area (Å²) in [6.07, 6.45) is 8.12. The molecule has 2 aliphatic rings. The van der Waals surface area contributed by atoms with Gasteiger partial charge in [0.1, 0.15) is 0 Å². The van der Waals surface area contributed by atoms with E-state index in [1.54, 1.807) is 6.07 Å². The van der Waals surface area contributed by atoms with Crippen LogP contribution >= 0.6 is 0 Å². The van der Waals surface area contributed by atoms with Crippen molar-refractivity contribution in [3.05, 3.63) is 35.4 Å². The number of aliphatic hydroxyl groups excluding tert-OH is 1. The number of nitrogens with two attached hydrogens (primary N) is 1. The molecule has 1 saturated carbocycles. The van der Waals surface area contributed by atoms with Crippen LogP contribution in [-0.4, -0.2) is 41.7 Å². The molecule has 1 aliphatic heterocycles. The molecule has 3 N–H and O–H groups in total. The third-order valence-corrected chi connectivity index (χ3v) is 7.31. The molecule has 3 atom stereocenters. The molecular weight excluding hydrogens is 336 g/mol. The number of aliphatic hydroxyl groups is 1. The van der Waals surface area contributed by atoms with Gasteiger partial charge in [-0.15, -0.1) is 0 Å². The second kappa shape index (κ2) is 8.74. The summed E-state index contributed by atoms with van der Waals surface area (Å²) in [5.74, 6) is 0.645. The lowest BCUT2D eigenvalue weighted by Crippen LogP contribution is -2.48. The Labute approximate surface area is 164 Å². The molecule has 3 rings (SSSR count). The Morgan fingerprint density at radius 1 is 1.33 bits per heavy atom. The van der Waals surface area contributed by atoms with Crippen molar-refractivity contribution in [1.29, 1.82) is 0 Å². The number of hydrogen-bond acceptors (Lipinski definition) is 3. The molecular formula is C23H36N2O2. The maximum absolute atomic E-state index is 11.5. The normalized spacial score (nSPS) is 28.8. The van der Waals surface area contributed by atoms with Gasteiger partial charge in [0.25, 0.3) is 0 Å². The molecule has 1 heterocycles. The molecule has 2 fully saturated rings. The summed E-state index contributed by atoms with van der Waals surface area (Å²) in [6.45, 7) is 7.68. The highest BCUT2D eigenvalue weighted by Gasteiger charge is 2.38. The third kappa shape index (κ3) is 4.72. The van der Waals surface area contributed by atoms with Gasteiger partial charge in [-0.3, -0.25) is 4.79 Å². The summed E-state index contributed by atoms with van der Waals surface area (Å²) < 4.78 is 0. The molecule has 1 amide bonds. The standard InChI is InChI=1S/C23H36N2O2/c1-17-16-25(13-11-21(26)18-7-4-3-5-8-18)14-12-23(17,2)20-10-6-9-19(15-20)22(24)27/h6,9-10,15,17-18,21,26H,3-5,7-8,11-14,16H2,1-2H3,(H2,24,27). The lowest BCUT2D eigenvalue weighted by Gasteiger charge is -2.45. The second-order valence-electron chi connectivity index (χ2n) is 9.07. The third-order valence-electron chi connectivity index (χ3n) is 7.31. The number of hydrogen-bond donors (Lipinski definition) is 2. The van der Waals surface area contributed by atoms with Gasteiger partial charge >= 0.3 is 0 Å². The molecule has 1 aromatic carbocycles. The van der Waals surface area contributed by atoms with Crippen molar-refractivity contribution in [3.63, 3.8) is 0 Å². The minimum atomic E-state index is -0.359. The molecule has 1 saturated heterocycles. The van der Waals surface area contributed by atoms with E-state index in [0.29, 0.717) is 17.4 Å². The van der Waals surface area contributed by atoms with E-state index in [1.807, 2.05) is 12.1 Å². The van der Waals surface area contributed by atoms with Crippen LogP contribution in [0.25, 0.3) is 0 Å². The lowest BCUT2D eigenvalue weighted by molar-refractivity contribution is 0.0502. The van der Waals surface area contributed by atoms with Crippen molar-refractivity contribution < 1.29 is 9.90 Å². The molecule has 0 aromatic heterocycles. The van der Waals surface area contributed by atoms with E-state index >= 15 is 0 Å². The van der Waals surface area contributed by atoms with E-state index in [9.17, 15) is 9.90 Å². The number of carbonyl (C=O) groups excluding carboxylic acids is 1. The van der Waals surface area contributed by atoms with Gasteiger partial charge < -0.3 is 15.7 Å². The van der Waals surface area contributed by atoms with Crippen molar-refractivity contribution in [2.24, 2.45) is 17.6 Å². The van der Waals surface area contributed by atoms with Crippen LogP contribution < -0.4 is 5.73 Å². The van der Waals surface area contributed by atoms with E-state index in [4.69, 9.17) is 5.73 Å². The minimum Gasteiger partial charge on any atom is -0.393 e. The topological polar surface area (TPSA) is 66.6 Å². The minimum absolute atomic E-state index is 0.0595. The van der Waals surface area contributed by atoms with Crippen molar-refractivity contribution in [3.8, 4) is 0 Å². The van der Waals surface area contributed by atoms with Gasteiger partial charge in [0.05, 0.1) is 6.10 Å². The van der Waals surface area contributed by atoms with Gasteiger partial charge in [0, 0.05) is 18.7 Å². The molecule has 0 radical (unpaired) electrons. The van der Waals surface area contributed by atoms with Crippen LogP contribution in [0.5, 0.6) is 0 Å². The highest BCUT2D eigenvalue weighted by molar-refractivity contribution is 5.92. The molecule has 4 heteroatoms. The first-order valence-electron chi connectivity index (χ1n) is 10.7. The average molecular weight is 373 g/mol. The highest BCUT2D eigenvalue weighted by atomic mass is 16.3. The van der Waals surface area contributed by atoms with Crippen LogP contribution in [0.1, 0.15) is 74.7 Å². The first kappa shape index (κ1) is 20.3. The Bertz CT molecular complexity index is 641. The van der Waals surface area contributed by atoms with Crippen molar-refractivity contribution >= 4 is 5.91 Å². The van der Waals surface area contributed by atoms with E-state index in [1.165, 1.54) is 37.7 Å². The SMILES string of the molecule is CC1CN(CCC(O)C2CCCCC2)CCC1(C)c1cccc(C(N)=O)c1. The fourth-order valence-electron chi connectivity index (χ4n) is 5.05. The zero-order valence-electron chi connectivity index (χ0n) is 17.0. The smallest absolute Gasteiger partial charge is 0.248 e. The predicted molar refractivity (Wildman–Crippen MR) is 110 cm³/mol. The van der Waals surface area contributed by atoms with Gasteiger partial charge in [0.2, 0.25) is 5.91 Å². The Balaban J connectivity index is 1.56. The summed E-state index contributed by atoms with van der Waals surface area (Å²) in [4.78, 5) is 14.1. The van der Waals surface area contributed by atoms with Crippen LogP contribution in [0, 0.1) is 11.8 Å². The number of nitrogens with zero attached hydrogens (tertiary/aromatic N) is 1. The van der Waals surface area contributed by atoms with Gasteiger partial charge in [-0.25, -0.2) is 0 Å². The fraction of sp³-hybridized carbons (Fsp3) is 0.696. The van der Waals surface area contributed by atoms with Crippen LogP contribution in [-0.2, 0) is 5.41 Å². The van der Waals surface area contributed by atoms with E-state index in [2.05, 4.69) is 24.8 Å². The monoisotopic (exact) mass is 372 g/mol. The summed E-state index contributed by atoms with van der Waals surface area (Å²) in [7, 11) is 0. The molecule has 4 nitrogen and oxygen atoms in total. The molecule has 1 aliphatic carbocycles. The number of piperidine rings is 1. The van der Waals surface area contributed by atoms with Crippen LogP contribution in [0.4, 0.5) is 0 Å². The van der Waals surface area contributed by atoms with Crippen LogP contribution in [0.15, 0.2) is 24.3 Å². The maximum Gasteiger partial charge on any atom is 0.248 e. The molecule has 1 aromatic rings. The van der Waals surface area contributed by atoms with Crippen molar-refractivity contribution in [2.45, 2.75) is 70.3 Å². The van der Waals surface area contributed by atoms with E-state index < -0.39 is 0 Å². The number of likely N-dealkylation sites (tertiary alicyclic amines) is 1. The second-order valence-corrected chi connectivity index (χ2v) is 9.07. The van der Waals surface area contributed by atoms with E-state index in [0.717, 1.165) is 32.5 Å². The van der Waals surface area contributed by atoms with Crippen molar-refractivity contribution in [1.82, 2.24) is 4.90 Å². The maximum atomic E-state index is 11.5. The first-order valence-corrected chi connectivity index (χ1v) is 10.7. The van der Waals surface area contributed by atoms with E-state index in [-0.39, 0.29) is 17.4 Å². The fourth-order valence-corrected chi connectivity index (χ4v) is 5.05. The molecule has 27 heavy (non-hydrogen) atoms. The Morgan fingerprint density at radius 2 is 2.07 bits per heavy atom. The Hall–Kier alpha value is -1.39. The Morgan fingerprint density at radius 3 is 2.74 bits per heavy atom. The van der Waals surface area contributed by atoms with Gasteiger partial charge in [-0.1, -0.05) is 45.2 Å². The van der Waals surface area contributed by atoms with Crippen molar-refractivity contribution in [2.75, 3.05) is 19.6 Å². The zero-order chi connectivity index (χ0) is 19.4. The van der Waals surface area contributed by atoms with Gasteiger partial charge in [-0.2, -0.15) is 0 Å². The quantitative estimate of drug-likeness (QED) is 0.800. The van der Waals surface area contributed by atoms with Gasteiger partial charge in [0.15, 0.2) is 0 Å². The number of primary amides is 1. The Kier molecular flexibility index (Phi) is 6.59. The summed E-state index contributed by atoms with van der Waals surface area (Å²) in [5, 5.41) is 10.6. The molecule has 0 bridgehead atoms. The van der Waals surface area contributed by atoms with Gasteiger partial charge in [-0.05, 0) is 67.2 Å². The summed E-state index contributed by atoms with van der Waals surface area (Å²) >= 11 is 0. The first-order chi connectivity index (χ1) is 12.9. The summed E-state index contributed by atoms with van der Waals surface area (Å²) in [5.41, 5.74) is 7.34. The number of rotatable bonds is 6. The zero-order valence-corrected chi connectivity index (χ0v) is 17.0. The lowest BCUT2D eigenvalue weighted by atomic mass is 9.67. The van der Waals surface area contributed by atoms with Crippen LogP contribution in [0.2, 0.25) is 0 Å². The average Bonchev–Trinajstić information content (AvgIpc) is 2.69. The molecule has 0 spiro atoms. The largest absolute Gasteiger partial charge is 0.393 e. The number of benzene rings is 1. The predicted octanol–water partition coefficient (Wildman–Crippen LogP) is 3.72. The van der Waals surface area contributed by atoms with Crippen LogP contribution in [0.3, 0.4) is 0 Å². The summed E-state index contributed by atoms with van der Waals surface area (Å²) in [6, 6.07) is 7.84. The number of carbonyl (C=O) groups is 1. The molecule has 3 unspecified atom stereocenters. The molecule has 150 valence electrons. The number of amides is 1.